The Hall–Kier alpha value is -1.59. The molecule has 0 aliphatic carbocycles. The highest BCUT2D eigenvalue weighted by atomic mass is 16.5. The molecule has 1 aliphatic rings. The minimum atomic E-state index is 0.336. The van der Waals surface area contributed by atoms with Crippen LogP contribution in [0.3, 0.4) is 0 Å². The number of aromatic nitrogens is 1. The molecule has 108 valence electrons. The highest BCUT2D eigenvalue weighted by Crippen LogP contribution is 2.22. The number of rotatable bonds is 4. The third-order valence-electron chi connectivity index (χ3n) is 3.69. The first-order valence-electron chi connectivity index (χ1n) is 7.16. The van der Waals surface area contributed by atoms with Crippen LogP contribution in [0.15, 0.2) is 22.6 Å². The summed E-state index contributed by atoms with van der Waals surface area (Å²) in [5.41, 5.74) is 8.06. The van der Waals surface area contributed by atoms with Gasteiger partial charge in [-0.05, 0) is 38.4 Å². The molecule has 20 heavy (non-hydrogen) atoms. The van der Waals surface area contributed by atoms with Crippen LogP contribution >= 0.6 is 0 Å². The Labute approximate surface area is 118 Å². The van der Waals surface area contributed by atoms with E-state index in [-0.39, 0.29) is 0 Å². The second kappa shape index (κ2) is 5.81. The van der Waals surface area contributed by atoms with E-state index < -0.39 is 0 Å². The lowest BCUT2D eigenvalue weighted by Crippen LogP contribution is -2.33. The van der Waals surface area contributed by atoms with Crippen LogP contribution in [0.2, 0.25) is 0 Å². The van der Waals surface area contributed by atoms with Gasteiger partial charge in [0, 0.05) is 13.2 Å². The summed E-state index contributed by atoms with van der Waals surface area (Å²) in [5.74, 6) is 0.705. The topological polar surface area (TPSA) is 64.5 Å². The number of fused-ring (bicyclic) bond motifs is 1. The summed E-state index contributed by atoms with van der Waals surface area (Å²) in [6.07, 6.45) is 3.93. The highest BCUT2D eigenvalue weighted by Gasteiger charge is 2.17. The van der Waals surface area contributed by atoms with Crippen molar-refractivity contribution < 1.29 is 9.15 Å². The van der Waals surface area contributed by atoms with Gasteiger partial charge in [0.2, 0.25) is 5.89 Å². The van der Waals surface area contributed by atoms with Crippen molar-refractivity contribution in [2.75, 3.05) is 25.9 Å². The zero-order valence-corrected chi connectivity index (χ0v) is 11.8. The van der Waals surface area contributed by atoms with Crippen LogP contribution in [0.25, 0.3) is 11.1 Å². The number of oxazole rings is 1. The molecule has 0 saturated carbocycles. The molecule has 0 bridgehead atoms. The fraction of sp³-hybridized carbons (Fsp3) is 0.533. The Morgan fingerprint density at radius 1 is 1.40 bits per heavy atom. The third kappa shape index (κ3) is 2.94. The lowest BCUT2D eigenvalue weighted by atomic mass is 10.1. The zero-order chi connectivity index (χ0) is 13.9. The maximum Gasteiger partial charge on any atom is 0.209 e. The minimum absolute atomic E-state index is 0.336. The summed E-state index contributed by atoms with van der Waals surface area (Å²) in [7, 11) is 2.07. The number of hydrogen-bond donors (Lipinski definition) is 1. The summed E-state index contributed by atoms with van der Waals surface area (Å²) >= 11 is 0. The minimum Gasteiger partial charge on any atom is -0.439 e. The number of hydrogen-bond acceptors (Lipinski definition) is 5. The van der Waals surface area contributed by atoms with Crippen molar-refractivity contribution in [2.24, 2.45) is 0 Å². The number of nitrogens with two attached hydrogens (primary N) is 1. The molecule has 0 spiro atoms. The standard InChI is InChI=1S/C15H21N3O2/c1-18(9-11-5-2-3-8-19-11)10-14-17-15-12(16)6-4-7-13(15)20-14/h4,6-7,11H,2-3,5,8-10,16H2,1H3. The maximum atomic E-state index is 5.89. The van der Waals surface area contributed by atoms with Crippen molar-refractivity contribution >= 4 is 16.8 Å². The van der Waals surface area contributed by atoms with Gasteiger partial charge in [-0.3, -0.25) is 4.90 Å². The van der Waals surface area contributed by atoms with Gasteiger partial charge in [-0.25, -0.2) is 4.98 Å². The SMILES string of the molecule is CN(Cc1nc2c(N)cccc2o1)CC1CCCCO1. The molecule has 2 aromatic rings. The third-order valence-corrected chi connectivity index (χ3v) is 3.69. The van der Waals surface area contributed by atoms with Gasteiger partial charge in [-0.15, -0.1) is 0 Å². The molecular formula is C15H21N3O2. The van der Waals surface area contributed by atoms with Gasteiger partial charge in [0.15, 0.2) is 5.58 Å². The molecule has 1 aromatic heterocycles. The van der Waals surface area contributed by atoms with E-state index in [1.807, 2.05) is 18.2 Å². The predicted octanol–water partition coefficient (Wildman–Crippen LogP) is 2.41. The van der Waals surface area contributed by atoms with Gasteiger partial charge in [0.05, 0.1) is 18.3 Å². The van der Waals surface area contributed by atoms with Crippen LogP contribution < -0.4 is 5.73 Å². The number of ether oxygens (including phenoxy) is 1. The van der Waals surface area contributed by atoms with Crippen LogP contribution in [-0.2, 0) is 11.3 Å². The quantitative estimate of drug-likeness (QED) is 0.868. The van der Waals surface area contributed by atoms with E-state index in [9.17, 15) is 0 Å². The van der Waals surface area contributed by atoms with E-state index in [1.165, 1.54) is 12.8 Å². The first kappa shape index (κ1) is 13.4. The van der Waals surface area contributed by atoms with Crippen molar-refractivity contribution in [3.63, 3.8) is 0 Å². The van der Waals surface area contributed by atoms with Crippen molar-refractivity contribution in [1.29, 1.82) is 0 Å². The Kier molecular flexibility index (Phi) is 3.89. The molecule has 5 nitrogen and oxygen atoms in total. The second-order valence-corrected chi connectivity index (χ2v) is 5.49. The Bertz CT molecular complexity index is 576. The largest absolute Gasteiger partial charge is 0.439 e. The van der Waals surface area contributed by atoms with Gasteiger partial charge >= 0.3 is 0 Å². The van der Waals surface area contributed by atoms with E-state index >= 15 is 0 Å². The van der Waals surface area contributed by atoms with Crippen LogP contribution in [0.5, 0.6) is 0 Å². The molecule has 0 radical (unpaired) electrons. The fourth-order valence-electron chi connectivity index (χ4n) is 2.68. The van der Waals surface area contributed by atoms with Gasteiger partial charge < -0.3 is 14.9 Å². The number of nitrogen functional groups attached to an aromatic ring is 1. The van der Waals surface area contributed by atoms with Crippen LogP contribution in [0.4, 0.5) is 5.69 Å². The molecule has 5 heteroatoms. The van der Waals surface area contributed by atoms with E-state index in [4.69, 9.17) is 14.9 Å². The molecule has 1 atom stereocenters. The average Bonchev–Trinajstić information content (AvgIpc) is 2.83. The molecule has 2 N–H and O–H groups in total. The van der Waals surface area contributed by atoms with Crippen LogP contribution in [0, 0.1) is 0 Å². The van der Waals surface area contributed by atoms with Crippen molar-refractivity contribution in [3.8, 4) is 0 Å². The zero-order valence-electron chi connectivity index (χ0n) is 11.8. The molecule has 3 rings (SSSR count). The Morgan fingerprint density at radius 2 is 2.30 bits per heavy atom. The number of likely N-dealkylation sites (N-methyl/N-ethyl adjacent to an activating group) is 1. The maximum absolute atomic E-state index is 5.89. The average molecular weight is 275 g/mol. The smallest absolute Gasteiger partial charge is 0.209 e. The number of para-hydroxylation sites is 1. The van der Waals surface area contributed by atoms with E-state index in [0.717, 1.165) is 30.7 Å². The lowest BCUT2D eigenvalue weighted by molar-refractivity contribution is -0.00354. The van der Waals surface area contributed by atoms with E-state index in [0.29, 0.717) is 24.2 Å². The predicted molar refractivity (Wildman–Crippen MR) is 78.3 cm³/mol. The van der Waals surface area contributed by atoms with Gasteiger partial charge in [-0.2, -0.15) is 0 Å². The fourth-order valence-corrected chi connectivity index (χ4v) is 2.68. The van der Waals surface area contributed by atoms with Gasteiger partial charge in [0.1, 0.15) is 5.52 Å². The molecule has 1 unspecified atom stereocenters. The molecule has 1 aliphatic heterocycles. The first-order valence-corrected chi connectivity index (χ1v) is 7.16. The highest BCUT2D eigenvalue weighted by molar-refractivity contribution is 5.85. The van der Waals surface area contributed by atoms with E-state index in [2.05, 4.69) is 16.9 Å². The summed E-state index contributed by atoms with van der Waals surface area (Å²) in [4.78, 5) is 6.66. The van der Waals surface area contributed by atoms with Crippen LogP contribution in [0.1, 0.15) is 25.2 Å². The number of anilines is 1. The van der Waals surface area contributed by atoms with Crippen LogP contribution in [-0.4, -0.2) is 36.2 Å². The summed E-state index contributed by atoms with van der Waals surface area (Å²) in [6.45, 7) is 2.47. The normalized spacial score (nSPS) is 19.8. The number of nitrogens with zero attached hydrogens (tertiary/aromatic N) is 2. The van der Waals surface area contributed by atoms with Gasteiger partial charge in [0.25, 0.3) is 0 Å². The first-order chi connectivity index (χ1) is 9.72. The summed E-state index contributed by atoms with van der Waals surface area (Å²) in [5, 5.41) is 0. The summed E-state index contributed by atoms with van der Waals surface area (Å²) < 4.78 is 11.5. The Morgan fingerprint density at radius 3 is 3.05 bits per heavy atom. The van der Waals surface area contributed by atoms with Crippen molar-refractivity contribution in [1.82, 2.24) is 9.88 Å². The number of benzene rings is 1. The molecule has 0 amide bonds. The Balaban J connectivity index is 1.64. The molecule has 1 fully saturated rings. The second-order valence-electron chi connectivity index (χ2n) is 5.49. The summed E-state index contributed by atoms with van der Waals surface area (Å²) in [6, 6.07) is 5.62. The molecule has 1 aromatic carbocycles. The molecule has 2 heterocycles. The monoisotopic (exact) mass is 275 g/mol. The lowest BCUT2D eigenvalue weighted by Gasteiger charge is -2.26. The van der Waals surface area contributed by atoms with Crippen molar-refractivity contribution in [2.45, 2.75) is 31.9 Å². The molecule has 1 saturated heterocycles. The molecular weight excluding hydrogens is 254 g/mol. The van der Waals surface area contributed by atoms with Gasteiger partial charge in [-0.1, -0.05) is 6.07 Å². The van der Waals surface area contributed by atoms with Crippen molar-refractivity contribution in [3.05, 3.63) is 24.1 Å². The van der Waals surface area contributed by atoms with E-state index in [1.54, 1.807) is 0 Å².